The Morgan fingerprint density at radius 1 is 1.73 bits per heavy atom. The first-order chi connectivity index (χ1) is 5.29. The second-order valence-electron chi connectivity index (χ2n) is 2.44. The Bertz CT molecular complexity index is 219. The largest absolute Gasteiger partial charge is 0.320 e. The molecule has 1 atom stereocenters. The number of nitriles is 1. The first kappa shape index (κ1) is 7.73. The van der Waals surface area contributed by atoms with Gasteiger partial charge in [-0.2, -0.15) is 5.26 Å². The van der Waals surface area contributed by atoms with E-state index in [0.29, 0.717) is 13.0 Å². The molecule has 58 valence electrons. The molecule has 4 nitrogen and oxygen atoms in total. The highest BCUT2D eigenvalue weighted by Gasteiger charge is 2.27. The van der Waals surface area contributed by atoms with Gasteiger partial charge in [0.2, 0.25) is 6.29 Å². The number of carbonyl (C=O) groups is 2. The van der Waals surface area contributed by atoms with Crippen molar-refractivity contribution in [2.24, 2.45) is 0 Å². The van der Waals surface area contributed by atoms with Gasteiger partial charge < -0.3 is 4.90 Å². The van der Waals surface area contributed by atoms with Crippen LogP contribution in [0, 0.1) is 11.3 Å². The molecule has 0 aromatic carbocycles. The van der Waals surface area contributed by atoms with Gasteiger partial charge in [-0.15, -0.1) is 0 Å². The topological polar surface area (TPSA) is 61.2 Å². The minimum absolute atomic E-state index is 0.260. The average Bonchev–Trinajstić information content (AvgIpc) is 2.50. The minimum atomic E-state index is -0.575. The Balaban J connectivity index is 2.65. The molecule has 0 spiro atoms. The van der Waals surface area contributed by atoms with Gasteiger partial charge in [0, 0.05) is 6.54 Å². The first-order valence-electron chi connectivity index (χ1n) is 3.45. The Labute approximate surface area is 64.4 Å². The van der Waals surface area contributed by atoms with Gasteiger partial charge in [0.25, 0.3) is 5.91 Å². The van der Waals surface area contributed by atoms with Crippen molar-refractivity contribution in [3.05, 3.63) is 0 Å². The molecule has 11 heavy (non-hydrogen) atoms. The van der Waals surface area contributed by atoms with Gasteiger partial charge >= 0.3 is 0 Å². The van der Waals surface area contributed by atoms with Crippen LogP contribution >= 0.6 is 0 Å². The summed E-state index contributed by atoms with van der Waals surface area (Å²) in [7, 11) is 0. The number of nitrogens with zero attached hydrogens (tertiary/aromatic N) is 2. The van der Waals surface area contributed by atoms with E-state index in [1.54, 1.807) is 0 Å². The van der Waals surface area contributed by atoms with E-state index in [4.69, 9.17) is 5.26 Å². The number of hydrogen-bond donors (Lipinski definition) is 0. The molecule has 0 bridgehead atoms. The third kappa shape index (κ3) is 1.37. The highest BCUT2D eigenvalue weighted by molar-refractivity contribution is 6.23. The molecule has 1 aliphatic heterocycles. The van der Waals surface area contributed by atoms with E-state index in [9.17, 15) is 9.59 Å². The van der Waals surface area contributed by atoms with Crippen LogP contribution in [0.3, 0.4) is 0 Å². The van der Waals surface area contributed by atoms with Crippen molar-refractivity contribution in [3.63, 3.8) is 0 Å². The maximum Gasteiger partial charge on any atom is 0.287 e. The summed E-state index contributed by atoms with van der Waals surface area (Å²) < 4.78 is 0. The number of aldehydes is 1. The summed E-state index contributed by atoms with van der Waals surface area (Å²) in [5.41, 5.74) is 0. The van der Waals surface area contributed by atoms with E-state index in [0.717, 1.165) is 6.42 Å². The zero-order valence-corrected chi connectivity index (χ0v) is 5.99. The Kier molecular flexibility index (Phi) is 2.21. The fourth-order valence-corrected chi connectivity index (χ4v) is 1.23. The number of carbonyl (C=O) groups excluding carboxylic acids is 2. The van der Waals surface area contributed by atoms with Crippen LogP contribution in [0.5, 0.6) is 0 Å². The van der Waals surface area contributed by atoms with Crippen LogP contribution in [0.2, 0.25) is 0 Å². The fourth-order valence-electron chi connectivity index (χ4n) is 1.23. The van der Waals surface area contributed by atoms with E-state index in [1.807, 2.05) is 6.07 Å². The molecular weight excluding hydrogens is 144 g/mol. The SMILES string of the molecule is N#CC1CCCN1C(=O)C=O. The third-order valence-corrected chi connectivity index (χ3v) is 1.79. The van der Waals surface area contributed by atoms with Crippen LogP contribution in [-0.2, 0) is 9.59 Å². The smallest absolute Gasteiger partial charge is 0.287 e. The number of amides is 1. The van der Waals surface area contributed by atoms with Crippen LogP contribution in [0.15, 0.2) is 0 Å². The molecule has 0 aromatic rings. The number of hydrogen-bond acceptors (Lipinski definition) is 3. The molecule has 0 aromatic heterocycles. The van der Waals surface area contributed by atoms with E-state index < -0.39 is 5.91 Å². The lowest BCUT2D eigenvalue weighted by atomic mass is 10.2. The molecular formula is C7H8N2O2. The van der Waals surface area contributed by atoms with Gasteiger partial charge in [0.05, 0.1) is 6.07 Å². The standard InChI is InChI=1S/C7H8N2O2/c8-4-6-2-1-3-9(6)7(11)5-10/h5-6H,1-3H2. The monoisotopic (exact) mass is 152 g/mol. The molecule has 1 heterocycles. The first-order valence-corrected chi connectivity index (χ1v) is 3.45. The van der Waals surface area contributed by atoms with Crippen molar-refractivity contribution >= 4 is 12.2 Å². The summed E-state index contributed by atoms with van der Waals surface area (Å²) in [5.74, 6) is -0.575. The van der Waals surface area contributed by atoms with Gasteiger partial charge in [-0.25, -0.2) is 0 Å². The maximum atomic E-state index is 10.8. The average molecular weight is 152 g/mol. The number of rotatable bonds is 1. The van der Waals surface area contributed by atoms with E-state index in [1.165, 1.54) is 4.90 Å². The second-order valence-corrected chi connectivity index (χ2v) is 2.44. The molecule has 1 rings (SSSR count). The molecule has 1 unspecified atom stereocenters. The molecule has 1 fully saturated rings. The quantitative estimate of drug-likeness (QED) is 0.383. The summed E-state index contributed by atoms with van der Waals surface area (Å²) >= 11 is 0. The van der Waals surface area contributed by atoms with Crippen LogP contribution in [0.25, 0.3) is 0 Å². The molecule has 0 radical (unpaired) electrons. The van der Waals surface area contributed by atoms with Crippen molar-refractivity contribution < 1.29 is 9.59 Å². The van der Waals surface area contributed by atoms with Crippen molar-refractivity contribution in [2.45, 2.75) is 18.9 Å². The lowest BCUT2D eigenvalue weighted by Crippen LogP contribution is -2.35. The lowest BCUT2D eigenvalue weighted by molar-refractivity contribution is -0.138. The van der Waals surface area contributed by atoms with E-state index >= 15 is 0 Å². The molecule has 0 aliphatic carbocycles. The normalized spacial score (nSPS) is 22.8. The third-order valence-electron chi connectivity index (χ3n) is 1.79. The van der Waals surface area contributed by atoms with Gasteiger partial charge in [-0.1, -0.05) is 0 Å². The Morgan fingerprint density at radius 2 is 2.45 bits per heavy atom. The van der Waals surface area contributed by atoms with E-state index in [2.05, 4.69) is 0 Å². The van der Waals surface area contributed by atoms with Gasteiger partial charge in [-0.05, 0) is 12.8 Å². The highest BCUT2D eigenvalue weighted by Crippen LogP contribution is 2.15. The van der Waals surface area contributed by atoms with Crippen LogP contribution in [0.4, 0.5) is 0 Å². The van der Waals surface area contributed by atoms with E-state index in [-0.39, 0.29) is 12.3 Å². The highest BCUT2D eigenvalue weighted by atomic mass is 16.2. The number of likely N-dealkylation sites (tertiary alicyclic amines) is 1. The van der Waals surface area contributed by atoms with Crippen molar-refractivity contribution in [1.29, 1.82) is 5.26 Å². The predicted molar refractivity (Wildman–Crippen MR) is 36.4 cm³/mol. The summed E-state index contributed by atoms with van der Waals surface area (Å²) in [4.78, 5) is 22.2. The van der Waals surface area contributed by atoms with Crippen LogP contribution in [-0.4, -0.2) is 29.7 Å². The summed E-state index contributed by atoms with van der Waals surface area (Å²) in [5, 5.41) is 8.52. The van der Waals surface area contributed by atoms with Gasteiger partial charge in [-0.3, -0.25) is 9.59 Å². The van der Waals surface area contributed by atoms with Gasteiger partial charge in [0.15, 0.2) is 0 Å². The molecule has 1 amide bonds. The van der Waals surface area contributed by atoms with Crippen molar-refractivity contribution in [1.82, 2.24) is 4.90 Å². The zero-order valence-electron chi connectivity index (χ0n) is 5.99. The summed E-state index contributed by atoms with van der Waals surface area (Å²) in [6, 6.07) is 1.59. The van der Waals surface area contributed by atoms with Crippen molar-refractivity contribution in [2.75, 3.05) is 6.54 Å². The minimum Gasteiger partial charge on any atom is -0.320 e. The lowest BCUT2D eigenvalue weighted by Gasteiger charge is -2.15. The zero-order chi connectivity index (χ0) is 8.27. The summed E-state index contributed by atoms with van der Waals surface area (Å²) in [6.45, 7) is 0.538. The van der Waals surface area contributed by atoms with Crippen LogP contribution < -0.4 is 0 Å². The Hall–Kier alpha value is -1.37. The molecule has 4 heteroatoms. The molecule has 0 N–H and O–H groups in total. The van der Waals surface area contributed by atoms with Crippen LogP contribution in [0.1, 0.15) is 12.8 Å². The molecule has 1 aliphatic rings. The van der Waals surface area contributed by atoms with Crippen molar-refractivity contribution in [3.8, 4) is 6.07 Å². The maximum absolute atomic E-state index is 10.8. The molecule has 0 saturated carbocycles. The molecule has 1 saturated heterocycles. The van der Waals surface area contributed by atoms with Gasteiger partial charge in [0.1, 0.15) is 6.04 Å². The summed E-state index contributed by atoms with van der Waals surface area (Å²) in [6.07, 6.45) is 1.77. The fraction of sp³-hybridized carbons (Fsp3) is 0.571. The predicted octanol–water partition coefficient (Wildman–Crippen LogP) is -0.300. The second kappa shape index (κ2) is 3.15. The Morgan fingerprint density at radius 3 is 3.00 bits per heavy atom.